The van der Waals surface area contributed by atoms with E-state index in [4.69, 9.17) is 0 Å². The van der Waals surface area contributed by atoms with Crippen LogP contribution in [0.15, 0.2) is 0 Å². The first-order chi connectivity index (χ1) is 2.91. The Morgan fingerprint density at radius 1 is 1.67 bits per heavy atom. The minimum atomic E-state index is 0.994. The number of rotatable bonds is 3. The summed E-state index contributed by atoms with van der Waals surface area (Å²) in [6.45, 7) is 2.14. The maximum atomic E-state index is 4.02. The van der Waals surface area contributed by atoms with E-state index in [2.05, 4.69) is 26.0 Å². The molecule has 0 saturated heterocycles. The lowest BCUT2D eigenvalue weighted by atomic mass is 10.3. The smallest absolute Gasteiger partial charge is 0.00952 e. The first-order valence-electron chi connectivity index (χ1n) is 2.34. The molecule has 0 N–H and O–H groups in total. The molecular weight excluding hydrogens is 92.1 g/mol. The summed E-state index contributed by atoms with van der Waals surface area (Å²) in [5.41, 5.74) is 0. The molecule has 0 amide bonds. The summed E-state index contributed by atoms with van der Waals surface area (Å²) < 4.78 is 0. The van der Waals surface area contributed by atoms with E-state index in [0.29, 0.717) is 0 Å². The van der Waals surface area contributed by atoms with Gasteiger partial charge in [-0.3, -0.25) is 0 Å². The highest BCUT2D eigenvalue weighted by Crippen LogP contribution is 1.91. The SMILES string of the molecule is CC[CH]CCS. The quantitative estimate of drug-likeness (QED) is 0.409. The summed E-state index contributed by atoms with van der Waals surface area (Å²) >= 11 is 4.02. The van der Waals surface area contributed by atoms with Crippen LogP contribution in [0.1, 0.15) is 19.8 Å². The molecule has 0 atom stereocenters. The predicted molar refractivity (Wildman–Crippen MR) is 33.1 cm³/mol. The van der Waals surface area contributed by atoms with Crippen molar-refractivity contribution in [1.29, 1.82) is 0 Å². The lowest BCUT2D eigenvalue weighted by Gasteiger charge is -1.85. The van der Waals surface area contributed by atoms with Gasteiger partial charge in [0.2, 0.25) is 0 Å². The van der Waals surface area contributed by atoms with E-state index < -0.39 is 0 Å². The predicted octanol–water partition coefficient (Wildman–Crippen LogP) is 1.92. The number of unbranched alkanes of at least 4 members (excludes halogenated alkanes) is 2. The molecule has 0 bridgehead atoms. The molecule has 0 unspecified atom stereocenters. The molecule has 0 rings (SSSR count). The van der Waals surface area contributed by atoms with E-state index in [1.807, 2.05) is 0 Å². The largest absolute Gasteiger partial charge is 0.179 e. The molecule has 0 saturated carbocycles. The molecule has 0 spiro atoms. The fourth-order valence-electron chi connectivity index (χ4n) is 0.295. The molecule has 0 heterocycles. The van der Waals surface area contributed by atoms with E-state index in [-0.39, 0.29) is 0 Å². The second-order valence-corrected chi connectivity index (χ2v) is 1.66. The molecule has 0 aromatic rings. The molecule has 0 aliphatic rings. The lowest BCUT2D eigenvalue weighted by molar-refractivity contribution is 0.982. The van der Waals surface area contributed by atoms with Crippen molar-refractivity contribution in [3.8, 4) is 0 Å². The van der Waals surface area contributed by atoms with Gasteiger partial charge in [0, 0.05) is 0 Å². The van der Waals surface area contributed by atoms with Crippen LogP contribution in [0, 0.1) is 6.42 Å². The molecule has 6 heavy (non-hydrogen) atoms. The van der Waals surface area contributed by atoms with Crippen molar-refractivity contribution in [2.75, 3.05) is 5.75 Å². The van der Waals surface area contributed by atoms with Gasteiger partial charge >= 0.3 is 0 Å². The second kappa shape index (κ2) is 5.35. The van der Waals surface area contributed by atoms with Gasteiger partial charge in [-0.1, -0.05) is 13.3 Å². The average molecular weight is 103 g/mol. The maximum Gasteiger partial charge on any atom is -0.00952 e. The standard InChI is InChI=1S/C5H11S/c1-2-3-4-5-6/h3,6H,2,4-5H2,1H3. The third-order valence-electron chi connectivity index (χ3n) is 0.622. The maximum absolute atomic E-state index is 4.02. The van der Waals surface area contributed by atoms with Crippen LogP contribution in [0.25, 0.3) is 0 Å². The topological polar surface area (TPSA) is 0 Å². The van der Waals surface area contributed by atoms with Crippen molar-refractivity contribution in [3.05, 3.63) is 6.42 Å². The lowest BCUT2D eigenvalue weighted by Crippen LogP contribution is -1.72. The van der Waals surface area contributed by atoms with E-state index in [9.17, 15) is 0 Å². The third kappa shape index (κ3) is 4.35. The summed E-state index contributed by atoms with van der Waals surface area (Å²) in [6, 6.07) is 0. The van der Waals surface area contributed by atoms with E-state index in [1.165, 1.54) is 6.42 Å². The molecule has 0 fully saturated rings. The number of thiol groups is 1. The van der Waals surface area contributed by atoms with Crippen LogP contribution in [0.5, 0.6) is 0 Å². The number of hydrogen-bond acceptors (Lipinski definition) is 1. The molecule has 0 aliphatic heterocycles. The van der Waals surface area contributed by atoms with Crippen LogP contribution in [-0.2, 0) is 0 Å². The highest BCUT2D eigenvalue weighted by molar-refractivity contribution is 7.80. The van der Waals surface area contributed by atoms with Gasteiger partial charge in [-0.25, -0.2) is 0 Å². The first kappa shape index (κ1) is 6.35. The van der Waals surface area contributed by atoms with Gasteiger partial charge in [0.25, 0.3) is 0 Å². The van der Waals surface area contributed by atoms with Crippen molar-refractivity contribution >= 4 is 12.6 Å². The van der Waals surface area contributed by atoms with Gasteiger partial charge in [-0.05, 0) is 18.6 Å². The highest BCUT2D eigenvalue weighted by atomic mass is 32.1. The summed E-state index contributed by atoms with van der Waals surface area (Å²) in [6.07, 6.45) is 4.56. The van der Waals surface area contributed by atoms with E-state index in [0.717, 1.165) is 12.2 Å². The summed E-state index contributed by atoms with van der Waals surface area (Å²) in [4.78, 5) is 0. The Morgan fingerprint density at radius 2 is 2.33 bits per heavy atom. The van der Waals surface area contributed by atoms with E-state index >= 15 is 0 Å². The summed E-state index contributed by atoms with van der Waals surface area (Å²) in [5, 5.41) is 0. The monoisotopic (exact) mass is 103 g/mol. The van der Waals surface area contributed by atoms with Crippen LogP contribution in [0.4, 0.5) is 0 Å². The zero-order valence-corrected chi connectivity index (χ0v) is 5.04. The van der Waals surface area contributed by atoms with Gasteiger partial charge in [0.05, 0.1) is 0 Å². The van der Waals surface area contributed by atoms with Gasteiger partial charge in [0.15, 0.2) is 0 Å². The summed E-state index contributed by atoms with van der Waals surface area (Å²) in [7, 11) is 0. The van der Waals surface area contributed by atoms with Crippen LogP contribution in [0.2, 0.25) is 0 Å². The summed E-state index contributed by atoms with van der Waals surface area (Å²) in [5.74, 6) is 0.994. The van der Waals surface area contributed by atoms with Gasteiger partial charge < -0.3 is 0 Å². The van der Waals surface area contributed by atoms with Crippen LogP contribution < -0.4 is 0 Å². The third-order valence-corrected chi connectivity index (χ3v) is 0.880. The Balaban J connectivity index is 2.34. The molecule has 1 heteroatoms. The fraction of sp³-hybridized carbons (Fsp3) is 0.800. The first-order valence-corrected chi connectivity index (χ1v) is 2.97. The molecular formula is C5H11S. The van der Waals surface area contributed by atoms with Crippen LogP contribution in [0.3, 0.4) is 0 Å². The van der Waals surface area contributed by atoms with Gasteiger partial charge in [-0.2, -0.15) is 12.6 Å². The molecule has 37 valence electrons. The van der Waals surface area contributed by atoms with Crippen molar-refractivity contribution in [2.45, 2.75) is 19.8 Å². The Kier molecular flexibility index (Phi) is 5.66. The van der Waals surface area contributed by atoms with Crippen molar-refractivity contribution in [3.63, 3.8) is 0 Å². The highest BCUT2D eigenvalue weighted by Gasteiger charge is 1.76. The average Bonchev–Trinajstić information content (AvgIpc) is 1.61. The molecule has 0 aromatic carbocycles. The Morgan fingerprint density at radius 3 is 2.50 bits per heavy atom. The van der Waals surface area contributed by atoms with Crippen molar-refractivity contribution in [2.24, 2.45) is 0 Å². The van der Waals surface area contributed by atoms with Crippen LogP contribution in [-0.4, -0.2) is 5.75 Å². The Hall–Kier alpha value is 0.350. The van der Waals surface area contributed by atoms with Gasteiger partial charge in [0.1, 0.15) is 0 Å². The zero-order valence-electron chi connectivity index (χ0n) is 4.15. The molecule has 0 aromatic heterocycles. The van der Waals surface area contributed by atoms with Crippen molar-refractivity contribution < 1.29 is 0 Å². The second-order valence-electron chi connectivity index (χ2n) is 1.21. The number of hydrogen-bond donors (Lipinski definition) is 1. The zero-order chi connectivity index (χ0) is 4.83. The normalized spacial score (nSPS) is 9.00. The molecule has 0 aliphatic carbocycles. The Labute approximate surface area is 45.4 Å². The minimum Gasteiger partial charge on any atom is -0.179 e. The Bertz CT molecular complexity index is 15.9. The molecule has 1 radical (unpaired) electrons. The minimum absolute atomic E-state index is 0.994. The fourth-order valence-corrected chi connectivity index (χ4v) is 0.478. The molecule has 0 nitrogen and oxygen atoms in total. The van der Waals surface area contributed by atoms with Gasteiger partial charge in [-0.15, -0.1) is 0 Å². The van der Waals surface area contributed by atoms with Crippen molar-refractivity contribution in [1.82, 2.24) is 0 Å². The van der Waals surface area contributed by atoms with E-state index in [1.54, 1.807) is 0 Å². The van der Waals surface area contributed by atoms with Crippen LogP contribution >= 0.6 is 12.6 Å².